The van der Waals surface area contributed by atoms with Crippen molar-refractivity contribution in [3.05, 3.63) is 81.7 Å². The Labute approximate surface area is 208 Å². The molecule has 0 unspecified atom stereocenters. The van der Waals surface area contributed by atoms with Crippen LogP contribution >= 0.6 is 11.6 Å². The quantitative estimate of drug-likeness (QED) is 0.337. The molecule has 3 N–H and O–H groups in total. The molecule has 5 rings (SSSR count). The van der Waals surface area contributed by atoms with E-state index >= 15 is 0 Å². The van der Waals surface area contributed by atoms with Gasteiger partial charge in [0.05, 0.1) is 24.5 Å². The summed E-state index contributed by atoms with van der Waals surface area (Å²) in [5.74, 6) is -0.115. The van der Waals surface area contributed by atoms with Gasteiger partial charge in [-0.25, -0.2) is 0 Å². The molecule has 2 aromatic carbocycles. The van der Waals surface area contributed by atoms with E-state index in [1.54, 1.807) is 24.4 Å². The van der Waals surface area contributed by atoms with Gasteiger partial charge in [-0.15, -0.1) is 0 Å². The van der Waals surface area contributed by atoms with Crippen LogP contribution in [0.3, 0.4) is 0 Å². The highest BCUT2D eigenvalue weighted by atomic mass is 35.5. The SMILES string of the molecule is O=C(NCCCN1CCOCC1)c1ccc2[nH]c(-c3ccc[nH]c3=O)c(-c3ccc(Cl)cc3)c2c1. The second-order valence-corrected chi connectivity index (χ2v) is 9.06. The number of pyridine rings is 1. The number of hydrogen-bond acceptors (Lipinski definition) is 4. The first-order valence-corrected chi connectivity index (χ1v) is 12.2. The van der Waals surface area contributed by atoms with E-state index in [1.807, 2.05) is 36.4 Å². The van der Waals surface area contributed by atoms with Gasteiger partial charge in [0.15, 0.2) is 0 Å². The van der Waals surface area contributed by atoms with E-state index in [0.717, 1.165) is 61.3 Å². The van der Waals surface area contributed by atoms with Gasteiger partial charge in [-0.1, -0.05) is 23.7 Å². The zero-order valence-corrected chi connectivity index (χ0v) is 20.0. The maximum Gasteiger partial charge on any atom is 0.257 e. The number of ether oxygens (including phenoxy) is 1. The number of hydrogen-bond donors (Lipinski definition) is 3. The summed E-state index contributed by atoms with van der Waals surface area (Å²) in [6.07, 6.45) is 2.49. The Morgan fingerprint density at radius 2 is 1.89 bits per heavy atom. The molecule has 8 heteroatoms. The minimum Gasteiger partial charge on any atom is -0.379 e. The van der Waals surface area contributed by atoms with Crippen LogP contribution in [0.2, 0.25) is 5.02 Å². The Kier molecular flexibility index (Phi) is 6.99. The van der Waals surface area contributed by atoms with Crippen LogP contribution in [0, 0.1) is 0 Å². The third-order valence-corrected chi connectivity index (χ3v) is 6.57. The summed E-state index contributed by atoms with van der Waals surface area (Å²) in [4.78, 5) is 34.0. The number of aromatic amines is 2. The highest BCUT2D eigenvalue weighted by molar-refractivity contribution is 6.30. The predicted molar refractivity (Wildman–Crippen MR) is 139 cm³/mol. The fourth-order valence-electron chi connectivity index (χ4n) is 4.50. The van der Waals surface area contributed by atoms with E-state index in [1.165, 1.54) is 0 Å². The Balaban J connectivity index is 1.44. The van der Waals surface area contributed by atoms with Crippen molar-refractivity contribution in [2.75, 3.05) is 39.4 Å². The molecule has 1 fully saturated rings. The molecule has 4 aromatic rings. The summed E-state index contributed by atoms with van der Waals surface area (Å²) in [6, 6.07) is 16.6. The van der Waals surface area contributed by atoms with Gasteiger partial charge in [0.2, 0.25) is 0 Å². The number of morpholine rings is 1. The molecule has 3 heterocycles. The smallest absolute Gasteiger partial charge is 0.257 e. The molecule has 1 amide bonds. The van der Waals surface area contributed by atoms with Crippen LogP contribution in [0.5, 0.6) is 0 Å². The monoisotopic (exact) mass is 490 g/mol. The Morgan fingerprint density at radius 1 is 1.09 bits per heavy atom. The fourth-order valence-corrected chi connectivity index (χ4v) is 4.63. The van der Waals surface area contributed by atoms with Crippen LogP contribution in [0.25, 0.3) is 33.3 Å². The number of nitrogens with one attached hydrogen (secondary N) is 3. The molecule has 0 spiro atoms. The first-order chi connectivity index (χ1) is 17.1. The van der Waals surface area contributed by atoms with Crippen LogP contribution in [-0.2, 0) is 4.74 Å². The minimum absolute atomic E-state index is 0.115. The number of nitrogens with zero attached hydrogens (tertiary/aromatic N) is 1. The van der Waals surface area contributed by atoms with Crippen LogP contribution in [0.15, 0.2) is 65.6 Å². The number of amides is 1. The van der Waals surface area contributed by atoms with Crippen LogP contribution in [0.4, 0.5) is 0 Å². The van der Waals surface area contributed by atoms with Gasteiger partial charge in [0, 0.05) is 52.9 Å². The third kappa shape index (κ3) is 5.17. The molecule has 180 valence electrons. The average molecular weight is 491 g/mol. The lowest BCUT2D eigenvalue weighted by atomic mass is 9.98. The molecule has 1 aliphatic heterocycles. The normalized spacial score (nSPS) is 14.3. The number of rotatable bonds is 7. The molecular formula is C27H27ClN4O3. The molecule has 0 atom stereocenters. The van der Waals surface area contributed by atoms with E-state index < -0.39 is 0 Å². The van der Waals surface area contributed by atoms with E-state index in [0.29, 0.717) is 28.4 Å². The van der Waals surface area contributed by atoms with E-state index in [4.69, 9.17) is 16.3 Å². The summed E-state index contributed by atoms with van der Waals surface area (Å²) in [5.41, 5.74) is 4.23. The summed E-state index contributed by atoms with van der Waals surface area (Å²) in [5, 5.41) is 4.53. The average Bonchev–Trinajstić information content (AvgIpc) is 3.26. The summed E-state index contributed by atoms with van der Waals surface area (Å²) >= 11 is 6.13. The molecule has 7 nitrogen and oxygen atoms in total. The predicted octanol–water partition coefficient (Wildman–Crippen LogP) is 4.30. The van der Waals surface area contributed by atoms with Crippen LogP contribution in [-0.4, -0.2) is 60.2 Å². The lowest BCUT2D eigenvalue weighted by molar-refractivity contribution is 0.0374. The van der Waals surface area contributed by atoms with E-state index in [2.05, 4.69) is 20.2 Å². The Hall–Kier alpha value is -3.39. The van der Waals surface area contributed by atoms with Gasteiger partial charge in [0.25, 0.3) is 11.5 Å². The van der Waals surface area contributed by atoms with Gasteiger partial charge >= 0.3 is 0 Å². The lowest BCUT2D eigenvalue weighted by Gasteiger charge is -2.26. The minimum atomic E-state index is -0.187. The second kappa shape index (κ2) is 10.5. The third-order valence-electron chi connectivity index (χ3n) is 6.32. The number of fused-ring (bicyclic) bond motifs is 1. The van der Waals surface area contributed by atoms with Gasteiger partial charge in [-0.2, -0.15) is 0 Å². The highest BCUT2D eigenvalue weighted by Gasteiger charge is 2.19. The van der Waals surface area contributed by atoms with Gasteiger partial charge in [-0.05, 0) is 61.0 Å². The van der Waals surface area contributed by atoms with E-state index in [9.17, 15) is 9.59 Å². The van der Waals surface area contributed by atoms with Crippen molar-refractivity contribution in [1.29, 1.82) is 0 Å². The van der Waals surface area contributed by atoms with Gasteiger partial charge < -0.3 is 20.0 Å². The maximum atomic E-state index is 12.9. The van der Waals surface area contributed by atoms with Crippen molar-refractivity contribution in [3.63, 3.8) is 0 Å². The van der Waals surface area contributed by atoms with E-state index in [-0.39, 0.29) is 11.5 Å². The number of carbonyl (C=O) groups is 1. The second-order valence-electron chi connectivity index (χ2n) is 8.62. The number of halogens is 1. The molecule has 0 bridgehead atoms. The molecule has 0 aliphatic carbocycles. The van der Waals surface area contributed by atoms with Crippen molar-refractivity contribution in [2.24, 2.45) is 0 Å². The number of aromatic nitrogens is 2. The van der Waals surface area contributed by atoms with Crippen molar-refractivity contribution in [2.45, 2.75) is 6.42 Å². The Morgan fingerprint density at radius 3 is 2.66 bits per heavy atom. The topological polar surface area (TPSA) is 90.2 Å². The van der Waals surface area contributed by atoms with Crippen molar-refractivity contribution < 1.29 is 9.53 Å². The summed E-state index contributed by atoms with van der Waals surface area (Å²) in [6.45, 7) is 4.98. The van der Waals surface area contributed by atoms with Crippen molar-refractivity contribution in [3.8, 4) is 22.4 Å². The molecule has 1 aliphatic rings. The largest absolute Gasteiger partial charge is 0.379 e. The molecular weight excluding hydrogens is 464 g/mol. The molecule has 2 aromatic heterocycles. The summed E-state index contributed by atoms with van der Waals surface area (Å²) in [7, 11) is 0. The Bertz CT molecular complexity index is 1390. The van der Waals surface area contributed by atoms with Crippen molar-refractivity contribution >= 4 is 28.4 Å². The highest BCUT2D eigenvalue weighted by Crippen LogP contribution is 2.38. The van der Waals surface area contributed by atoms with Crippen molar-refractivity contribution in [1.82, 2.24) is 20.2 Å². The number of benzene rings is 2. The fraction of sp³-hybridized carbons (Fsp3) is 0.259. The van der Waals surface area contributed by atoms with Gasteiger partial charge in [-0.3, -0.25) is 14.5 Å². The zero-order chi connectivity index (χ0) is 24.2. The maximum absolute atomic E-state index is 12.9. The molecule has 1 saturated heterocycles. The number of H-pyrrole nitrogens is 2. The zero-order valence-electron chi connectivity index (χ0n) is 19.3. The standard InChI is InChI=1S/C27H27ClN4O3/c28-20-7-4-18(5-8-20)24-22-17-19(26(33)29-11-2-12-32-13-15-35-16-14-32)6-9-23(22)31-25(24)21-3-1-10-30-27(21)34/h1,3-10,17,31H,2,11-16H2,(H,29,33)(H,30,34). The number of carbonyl (C=O) groups excluding carboxylic acids is 1. The lowest BCUT2D eigenvalue weighted by Crippen LogP contribution is -2.38. The molecule has 0 radical (unpaired) electrons. The van der Waals surface area contributed by atoms with Crippen LogP contribution < -0.4 is 10.9 Å². The molecule has 0 saturated carbocycles. The van der Waals surface area contributed by atoms with Crippen LogP contribution in [0.1, 0.15) is 16.8 Å². The first-order valence-electron chi connectivity index (χ1n) is 11.8. The molecule has 35 heavy (non-hydrogen) atoms. The van der Waals surface area contributed by atoms with Gasteiger partial charge in [0.1, 0.15) is 0 Å². The first kappa shape index (κ1) is 23.4. The summed E-state index contributed by atoms with van der Waals surface area (Å²) < 4.78 is 5.38.